The van der Waals surface area contributed by atoms with Gasteiger partial charge in [-0.15, -0.1) is 0 Å². The molecule has 2 atom stereocenters. The van der Waals surface area contributed by atoms with E-state index in [1.54, 1.807) is 4.90 Å². The Morgan fingerprint density at radius 1 is 1.50 bits per heavy atom. The van der Waals surface area contributed by atoms with Crippen molar-refractivity contribution < 1.29 is 19.0 Å². The van der Waals surface area contributed by atoms with Crippen molar-refractivity contribution in [1.82, 2.24) is 9.97 Å². The molecule has 1 aliphatic heterocycles. The normalized spacial score (nSPS) is 21.9. The standard InChI is InChI=1S/C13H18FN3O3/c1-3-9-11(14)12(16-7-15-9)17(4-2)10-6-20-5-8(10)13(18)19/h7-8,10H,3-6H2,1-2H3,(H,18,19). The molecule has 6 nitrogen and oxygen atoms in total. The number of carboxylic acid groups (broad SMARTS) is 1. The minimum absolute atomic E-state index is 0.143. The van der Waals surface area contributed by atoms with Crippen LogP contribution < -0.4 is 4.90 Å². The van der Waals surface area contributed by atoms with E-state index in [4.69, 9.17) is 4.74 Å². The molecular weight excluding hydrogens is 265 g/mol. The molecule has 0 radical (unpaired) electrons. The summed E-state index contributed by atoms with van der Waals surface area (Å²) in [4.78, 5) is 20.8. The lowest BCUT2D eigenvalue weighted by molar-refractivity contribution is -0.141. The van der Waals surface area contributed by atoms with Crippen LogP contribution >= 0.6 is 0 Å². The number of carboxylic acids is 1. The molecule has 20 heavy (non-hydrogen) atoms. The minimum Gasteiger partial charge on any atom is -0.481 e. The van der Waals surface area contributed by atoms with E-state index in [0.29, 0.717) is 18.7 Å². The number of nitrogens with zero attached hydrogens (tertiary/aromatic N) is 3. The van der Waals surface area contributed by atoms with Crippen LogP contribution in [0.2, 0.25) is 0 Å². The zero-order chi connectivity index (χ0) is 14.7. The second kappa shape index (κ2) is 6.13. The SMILES string of the molecule is CCc1ncnc(N(CC)C2COCC2C(=O)O)c1F. The van der Waals surface area contributed by atoms with E-state index in [9.17, 15) is 14.3 Å². The maximum atomic E-state index is 14.3. The van der Waals surface area contributed by atoms with E-state index < -0.39 is 23.7 Å². The average molecular weight is 283 g/mol. The van der Waals surface area contributed by atoms with Crippen LogP contribution in [-0.4, -0.2) is 46.8 Å². The Kier molecular flexibility index (Phi) is 4.49. The van der Waals surface area contributed by atoms with Crippen LogP contribution in [-0.2, 0) is 16.0 Å². The lowest BCUT2D eigenvalue weighted by atomic mass is 10.0. The maximum Gasteiger partial charge on any atom is 0.311 e. The zero-order valence-electron chi connectivity index (χ0n) is 11.5. The maximum absolute atomic E-state index is 14.3. The van der Waals surface area contributed by atoms with Crippen molar-refractivity contribution in [3.05, 3.63) is 17.8 Å². The van der Waals surface area contributed by atoms with Crippen LogP contribution in [0.5, 0.6) is 0 Å². The number of carbonyl (C=O) groups is 1. The molecule has 2 unspecified atom stereocenters. The summed E-state index contributed by atoms with van der Waals surface area (Å²) in [6.45, 7) is 4.50. The van der Waals surface area contributed by atoms with Gasteiger partial charge in [0.2, 0.25) is 0 Å². The van der Waals surface area contributed by atoms with Crippen molar-refractivity contribution in [2.75, 3.05) is 24.7 Å². The molecule has 1 fully saturated rings. The van der Waals surface area contributed by atoms with Crippen molar-refractivity contribution in [2.45, 2.75) is 26.3 Å². The van der Waals surface area contributed by atoms with Gasteiger partial charge in [0.25, 0.3) is 0 Å². The second-order valence-corrected chi connectivity index (χ2v) is 4.65. The van der Waals surface area contributed by atoms with Gasteiger partial charge >= 0.3 is 5.97 Å². The first kappa shape index (κ1) is 14.6. The van der Waals surface area contributed by atoms with Crippen LogP contribution in [0.4, 0.5) is 10.2 Å². The highest BCUT2D eigenvalue weighted by Crippen LogP contribution is 2.27. The first-order chi connectivity index (χ1) is 9.60. The van der Waals surface area contributed by atoms with E-state index in [1.165, 1.54) is 6.33 Å². The van der Waals surface area contributed by atoms with Gasteiger partial charge in [-0.05, 0) is 13.3 Å². The summed E-state index contributed by atoms with van der Waals surface area (Å²) >= 11 is 0. The van der Waals surface area contributed by atoms with E-state index in [1.807, 2.05) is 13.8 Å². The molecule has 0 spiro atoms. The van der Waals surface area contributed by atoms with Crippen molar-refractivity contribution >= 4 is 11.8 Å². The largest absolute Gasteiger partial charge is 0.481 e. The van der Waals surface area contributed by atoms with E-state index in [0.717, 1.165) is 0 Å². The van der Waals surface area contributed by atoms with Crippen LogP contribution in [0.1, 0.15) is 19.5 Å². The Morgan fingerprint density at radius 3 is 2.85 bits per heavy atom. The zero-order valence-corrected chi connectivity index (χ0v) is 11.5. The number of hydrogen-bond acceptors (Lipinski definition) is 5. The predicted molar refractivity (Wildman–Crippen MR) is 70.1 cm³/mol. The fraction of sp³-hybridized carbons (Fsp3) is 0.615. The Bertz CT molecular complexity index is 498. The van der Waals surface area contributed by atoms with Crippen LogP contribution in [0.3, 0.4) is 0 Å². The van der Waals surface area contributed by atoms with Gasteiger partial charge in [0.15, 0.2) is 11.6 Å². The number of rotatable bonds is 5. The summed E-state index contributed by atoms with van der Waals surface area (Å²) in [6, 6.07) is -0.411. The molecule has 1 saturated heterocycles. The smallest absolute Gasteiger partial charge is 0.311 e. The van der Waals surface area contributed by atoms with Crippen LogP contribution in [0.15, 0.2) is 6.33 Å². The van der Waals surface area contributed by atoms with Crippen LogP contribution in [0, 0.1) is 11.7 Å². The molecule has 1 aromatic rings. The highest BCUT2D eigenvalue weighted by molar-refractivity contribution is 5.72. The summed E-state index contributed by atoms with van der Waals surface area (Å²) in [5.41, 5.74) is 0.333. The Morgan fingerprint density at radius 2 is 2.25 bits per heavy atom. The molecule has 0 bridgehead atoms. The fourth-order valence-corrected chi connectivity index (χ4v) is 2.47. The second-order valence-electron chi connectivity index (χ2n) is 4.65. The molecule has 1 aliphatic rings. The van der Waals surface area contributed by atoms with E-state index in [2.05, 4.69) is 9.97 Å². The van der Waals surface area contributed by atoms with Crippen molar-refractivity contribution in [2.24, 2.45) is 5.92 Å². The summed E-state index contributed by atoms with van der Waals surface area (Å²) < 4.78 is 19.6. The monoisotopic (exact) mass is 283 g/mol. The molecule has 1 aromatic heterocycles. The quantitative estimate of drug-likeness (QED) is 0.872. The Hall–Kier alpha value is -1.76. The highest BCUT2D eigenvalue weighted by Gasteiger charge is 2.39. The summed E-state index contributed by atoms with van der Waals surface area (Å²) in [7, 11) is 0. The van der Waals surface area contributed by atoms with E-state index >= 15 is 0 Å². The average Bonchev–Trinajstić information content (AvgIpc) is 2.91. The van der Waals surface area contributed by atoms with Gasteiger partial charge in [-0.1, -0.05) is 6.92 Å². The molecule has 0 aromatic carbocycles. The topological polar surface area (TPSA) is 75.5 Å². The molecule has 7 heteroatoms. The number of hydrogen-bond donors (Lipinski definition) is 1. The van der Waals surface area contributed by atoms with Crippen molar-refractivity contribution in [3.63, 3.8) is 0 Å². The minimum atomic E-state index is -0.934. The molecule has 2 rings (SSSR count). The van der Waals surface area contributed by atoms with Gasteiger partial charge < -0.3 is 14.7 Å². The number of aliphatic carboxylic acids is 1. The first-order valence-corrected chi connectivity index (χ1v) is 6.66. The number of aryl methyl sites for hydroxylation is 1. The van der Waals surface area contributed by atoms with Gasteiger partial charge in [-0.25, -0.2) is 14.4 Å². The lowest BCUT2D eigenvalue weighted by Gasteiger charge is -2.30. The first-order valence-electron chi connectivity index (χ1n) is 6.66. The third kappa shape index (κ3) is 2.58. The summed E-state index contributed by atoms with van der Waals surface area (Å²) in [6.07, 6.45) is 1.77. The number of halogens is 1. The van der Waals surface area contributed by atoms with Crippen molar-refractivity contribution in [1.29, 1.82) is 0 Å². The molecule has 110 valence electrons. The number of aromatic nitrogens is 2. The van der Waals surface area contributed by atoms with Gasteiger partial charge in [-0.2, -0.15) is 0 Å². The molecule has 0 saturated carbocycles. The molecule has 0 amide bonds. The summed E-state index contributed by atoms with van der Waals surface area (Å²) in [5.74, 6) is -1.93. The van der Waals surface area contributed by atoms with Gasteiger partial charge in [0.05, 0.1) is 24.9 Å². The number of anilines is 1. The van der Waals surface area contributed by atoms with Crippen molar-refractivity contribution in [3.8, 4) is 0 Å². The third-order valence-corrected chi connectivity index (χ3v) is 3.56. The Balaban J connectivity index is 2.35. The molecule has 0 aliphatic carbocycles. The number of ether oxygens (including phenoxy) is 1. The third-order valence-electron chi connectivity index (χ3n) is 3.56. The van der Waals surface area contributed by atoms with Gasteiger partial charge in [0.1, 0.15) is 12.2 Å². The fourth-order valence-electron chi connectivity index (χ4n) is 2.47. The molecule has 2 heterocycles. The molecule has 1 N–H and O–H groups in total. The predicted octanol–water partition coefficient (Wildman–Crippen LogP) is 1.10. The number of likely N-dealkylation sites (N-methyl/N-ethyl adjacent to an activating group) is 1. The highest BCUT2D eigenvalue weighted by atomic mass is 19.1. The van der Waals surface area contributed by atoms with Crippen LogP contribution in [0.25, 0.3) is 0 Å². The summed E-state index contributed by atoms with van der Waals surface area (Å²) in [5, 5.41) is 9.21. The Labute approximate surface area is 116 Å². The van der Waals surface area contributed by atoms with Gasteiger partial charge in [0, 0.05) is 6.54 Å². The molecular formula is C13H18FN3O3. The van der Waals surface area contributed by atoms with E-state index in [-0.39, 0.29) is 19.0 Å². The lowest BCUT2D eigenvalue weighted by Crippen LogP contribution is -2.44. The van der Waals surface area contributed by atoms with Gasteiger partial charge in [-0.3, -0.25) is 4.79 Å².